The van der Waals surface area contributed by atoms with Crippen LogP contribution in [-0.2, 0) is 11.3 Å². The lowest BCUT2D eigenvalue weighted by Crippen LogP contribution is -2.48. The summed E-state index contributed by atoms with van der Waals surface area (Å²) in [5.41, 5.74) is 0.262. The van der Waals surface area contributed by atoms with Gasteiger partial charge in [0.2, 0.25) is 0 Å². The van der Waals surface area contributed by atoms with E-state index in [1.54, 1.807) is 25.7 Å². The molecule has 1 saturated heterocycles. The van der Waals surface area contributed by atoms with E-state index in [2.05, 4.69) is 5.32 Å². The highest BCUT2D eigenvalue weighted by atomic mass is 19.3. The molecule has 0 spiro atoms. The maximum absolute atomic E-state index is 14.0. The molecule has 1 fully saturated rings. The van der Waals surface area contributed by atoms with Crippen molar-refractivity contribution < 1.29 is 18.3 Å². The fourth-order valence-electron chi connectivity index (χ4n) is 2.43. The molecule has 1 aromatic rings. The lowest BCUT2D eigenvalue weighted by molar-refractivity contribution is -0.0165. The number of amides is 1. The minimum absolute atomic E-state index is 0.0984. The van der Waals surface area contributed by atoms with E-state index in [1.165, 1.54) is 0 Å². The number of alkyl carbamates (subject to hydrolysis) is 1. The summed E-state index contributed by atoms with van der Waals surface area (Å²) in [7, 11) is 0. The van der Waals surface area contributed by atoms with Crippen LogP contribution in [0.2, 0.25) is 0 Å². The van der Waals surface area contributed by atoms with Crippen molar-refractivity contribution in [1.82, 2.24) is 10.2 Å². The molecule has 1 atom stereocenters. The van der Waals surface area contributed by atoms with Gasteiger partial charge in [0, 0.05) is 13.1 Å². The number of ether oxygens (including phenoxy) is 1. The summed E-state index contributed by atoms with van der Waals surface area (Å²) in [4.78, 5) is 13.3. The number of carbonyl (C=O) groups is 1. The van der Waals surface area contributed by atoms with Gasteiger partial charge < -0.3 is 10.1 Å². The minimum Gasteiger partial charge on any atom is -0.444 e. The smallest absolute Gasteiger partial charge is 0.408 e. The Labute approximate surface area is 129 Å². The monoisotopic (exact) mass is 312 g/mol. The number of nitrogens with zero attached hydrogens (tertiary/aromatic N) is 1. The van der Waals surface area contributed by atoms with Crippen LogP contribution in [0.4, 0.5) is 13.6 Å². The average molecular weight is 312 g/mol. The van der Waals surface area contributed by atoms with Crippen LogP contribution >= 0.6 is 0 Å². The van der Waals surface area contributed by atoms with Gasteiger partial charge in [-0.1, -0.05) is 30.3 Å². The Morgan fingerprint density at radius 2 is 2.00 bits per heavy atom. The molecule has 0 aliphatic carbocycles. The van der Waals surface area contributed by atoms with Gasteiger partial charge in [0.05, 0.1) is 6.54 Å². The van der Waals surface area contributed by atoms with Crippen LogP contribution in [0.15, 0.2) is 30.3 Å². The summed E-state index contributed by atoms with van der Waals surface area (Å²) in [6.07, 6.45) is -0.807. The lowest BCUT2D eigenvalue weighted by Gasteiger charge is -2.23. The number of rotatable bonds is 3. The van der Waals surface area contributed by atoms with Gasteiger partial charge in [-0.25, -0.2) is 13.6 Å². The van der Waals surface area contributed by atoms with Gasteiger partial charge in [-0.05, 0) is 26.3 Å². The van der Waals surface area contributed by atoms with E-state index in [9.17, 15) is 13.6 Å². The van der Waals surface area contributed by atoms with E-state index >= 15 is 0 Å². The SMILES string of the molecule is CC(C)(C)OC(=O)NC1CN(Cc2ccccc2)CC1(F)F. The fourth-order valence-corrected chi connectivity index (χ4v) is 2.43. The van der Waals surface area contributed by atoms with E-state index in [1.807, 2.05) is 30.3 Å². The topological polar surface area (TPSA) is 41.6 Å². The van der Waals surface area contributed by atoms with Gasteiger partial charge in [0.15, 0.2) is 0 Å². The van der Waals surface area contributed by atoms with Crippen molar-refractivity contribution in [2.45, 2.75) is 44.9 Å². The fraction of sp³-hybridized carbons (Fsp3) is 0.562. The standard InChI is InChI=1S/C16H22F2N2O2/c1-15(2,3)22-14(21)19-13-10-20(11-16(13,17)18)9-12-7-5-4-6-8-12/h4-8,13H,9-11H2,1-3H3,(H,19,21). The third kappa shape index (κ3) is 4.66. The molecule has 22 heavy (non-hydrogen) atoms. The first kappa shape index (κ1) is 16.7. The second-order valence-electron chi connectivity index (χ2n) is 6.62. The molecule has 1 aliphatic rings. The summed E-state index contributed by atoms with van der Waals surface area (Å²) in [5.74, 6) is -2.97. The quantitative estimate of drug-likeness (QED) is 0.933. The van der Waals surface area contributed by atoms with Crippen molar-refractivity contribution in [1.29, 1.82) is 0 Å². The summed E-state index contributed by atoms with van der Waals surface area (Å²) in [6.45, 7) is 5.25. The van der Waals surface area contributed by atoms with Crippen LogP contribution in [0.1, 0.15) is 26.3 Å². The Morgan fingerprint density at radius 3 is 2.59 bits per heavy atom. The number of carbonyl (C=O) groups excluding carboxylic acids is 1. The Hall–Kier alpha value is -1.69. The Kier molecular flexibility index (Phi) is 4.70. The molecule has 1 unspecified atom stereocenters. The van der Waals surface area contributed by atoms with Gasteiger partial charge in [-0.2, -0.15) is 0 Å². The number of hydrogen-bond acceptors (Lipinski definition) is 3. The van der Waals surface area contributed by atoms with E-state index in [4.69, 9.17) is 4.74 Å². The molecule has 1 N–H and O–H groups in total. The Morgan fingerprint density at radius 1 is 1.36 bits per heavy atom. The highest BCUT2D eigenvalue weighted by molar-refractivity contribution is 5.68. The van der Waals surface area contributed by atoms with Crippen molar-refractivity contribution in [3.63, 3.8) is 0 Å². The van der Waals surface area contributed by atoms with Crippen molar-refractivity contribution >= 4 is 6.09 Å². The van der Waals surface area contributed by atoms with Crippen LogP contribution in [0.5, 0.6) is 0 Å². The molecular formula is C16H22F2N2O2. The molecule has 0 bridgehead atoms. The number of benzene rings is 1. The molecule has 122 valence electrons. The van der Waals surface area contributed by atoms with Crippen LogP contribution in [0.25, 0.3) is 0 Å². The average Bonchev–Trinajstić information content (AvgIpc) is 2.62. The van der Waals surface area contributed by atoms with Crippen molar-refractivity contribution in [3.8, 4) is 0 Å². The van der Waals surface area contributed by atoms with Crippen molar-refractivity contribution in [2.24, 2.45) is 0 Å². The van der Waals surface area contributed by atoms with Gasteiger partial charge in [0.1, 0.15) is 11.6 Å². The first-order chi connectivity index (χ1) is 10.2. The molecule has 4 nitrogen and oxygen atoms in total. The van der Waals surface area contributed by atoms with Crippen LogP contribution in [0.3, 0.4) is 0 Å². The summed E-state index contributed by atoms with van der Waals surface area (Å²) in [5, 5.41) is 2.29. The lowest BCUT2D eigenvalue weighted by atomic mass is 10.2. The largest absolute Gasteiger partial charge is 0.444 e. The van der Waals surface area contributed by atoms with Crippen LogP contribution < -0.4 is 5.32 Å². The summed E-state index contributed by atoms with van der Waals surface area (Å²) in [6, 6.07) is 8.19. The Balaban J connectivity index is 1.94. The van der Waals surface area contributed by atoms with Gasteiger partial charge in [-0.15, -0.1) is 0 Å². The zero-order chi connectivity index (χ0) is 16.4. The van der Waals surface area contributed by atoms with E-state index in [0.717, 1.165) is 5.56 Å². The van der Waals surface area contributed by atoms with Gasteiger partial charge in [0.25, 0.3) is 5.92 Å². The third-order valence-corrected chi connectivity index (χ3v) is 3.32. The molecule has 0 aromatic heterocycles. The predicted octanol–water partition coefficient (Wildman–Crippen LogP) is 3.03. The summed E-state index contributed by atoms with van der Waals surface area (Å²) < 4.78 is 33.1. The zero-order valence-electron chi connectivity index (χ0n) is 13.1. The first-order valence-electron chi connectivity index (χ1n) is 7.29. The predicted molar refractivity (Wildman–Crippen MR) is 79.8 cm³/mol. The number of hydrogen-bond donors (Lipinski definition) is 1. The number of alkyl halides is 2. The number of nitrogens with one attached hydrogen (secondary N) is 1. The Bertz CT molecular complexity index is 515. The van der Waals surface area contributed by atoms with Crippen molar-refractivity contribution in [2.75, 3.05) is 13.1 Å². The normalized spacial score (nSPS) is 21.6. The highest BCUT2D eigenvalue weighted by Crippen LogP contribution is 2.29. The van der Waals surface area contributed by atoms with E-state index in [-0.39, 0.29) is 13.1 Å². The van der Waals surface area contributed by atoms with Crippen LogP contribution in [-0.4, -0.2) is 41.6 Å². The minimum atomic E-state index is -2.97. The zero-order valence-corrected chi connectivity index (χ0v) is 13.1. The molecule has 1 aliphatic heterocycles. The molecule has 2 rings (SSSR count). The van der Waals surface area contributed by atoms with E-state index in [0.29, 0.717) is 6.54 Å². The second kappa shape index (κ2) is 6.20. The number of halogens is 2. The van der Waals surface area contributed by atoms with Gasteiger partial charge >= 0.3 is 6.09 Å². The second-order valence-corrected chi connectivity index (χ2v) is 6.62. The highest BCUT2D eigenvalue weighted by Gasteiger charge is 2.49. The van der Waals surface area contributed by atoms with Gasteiger partial charge in [-0.3, -0.25) is 4.90 Å². The molecule has 1 aromatic carbocycles. The first-order valence-corrected chi connectivity index (χ1v) is 7.29. The number of likely N-dealkylation sites (tertiary alicyclic amines) is 1. The molecule has 1 amide bonds. The molecule has 1 heterocycles. The molecule has 6 heteroatoms. The molecule has 0 saturated carbocycles. The summed E-state index contributed by atoms with van der Waals surface area (Å²) >= 11 is 0. The van der Waals surface area contributed by atoms with Crippen molar-refractivity contribution in [3.05, 3.63) is 35.9 Å². The maximum atomic E-state index is 14.0. The third-order valence-electron chi connectivity index (χ3n) is 3.32. The maximum Gasteiger partial charge on any atom is 0.408 e. The van der Waals surface area contributed by atoms with Crippen LogP contribution in [0, 0.1) is 0 Å². The molecular weight excluding hydrogens is 290 g/mol. The molecule has 0 radical (unpaired) electrons. The van der Waals surface area contributed by atoms with E-state index < -0.39 is 23.7 Å².